The molecule has 0 unspecified atom stereocenters. The van der Waals surface area contributed by atoms with Crippen LogP contribution in [0.25, 0.3) is 0 Å². The quantitative estimate of drug-likeness (QED) is 0.0809. The van der Waals surface area contributed by atoms with Gasteiger partial charge in [-0.25, -0.2) is 4.79 Å². The van der Waals surface area contributed by atoms with Crippen LogP contribution in [-0.2, 0) is 37.6 Å². The molecule has 244 valence electrons. The van der Waals surface area contributed by atoms with E-state index in [1.807, 2.05) is 12.1 Å². The van der Waals surface area contributed by atoms with Crippen molar-refractivity contribution in [3.63, 3.8) is 0 Å². The average Bonchev–Trinajstić information content (AvgIpc) is 2.95. The first-order chi connectivity index (χ1) is 20.2. The predicted molar refractivity (Wildman–Crippen MR) is 168 cm³/mol. The van der Waals surface area contributed by atoms with Crippen LogP contribution in [0.3, 0.4) is 0 Å². The van der Waals surface area contributed by atoms with Gasteiger partial charge in [0.15, 0.2) is 8.32 Å². The number of carbonyl (C=O) groups excluding carboxylic acids is 1. The van der Waals surface area contributed by atoms with E-state index >= 15 is 0 Å². The molecule has 1 rings (SSSR count). The maximum atomic E-state index is 12.1. The van der Waals surface area contributed by atoms with E-state index in [2.05, 4.69) is 46.1 Å². The first kappa shape index (κ1) is 38.5. The fourth-order valence-electron chi connectivity index (χ4n) is 3.18. The van der Waals surface area contributed by atoms with E-state index in [1.165, 1.54) is 0 Å². The van der Waals surface area contributed by atoms with Crippen LogP contribution in [0.4, 0.5) is 5.69 Å². The van der Waals surface area contributed by atoms with Crippen LogP contribution in [0, 0.1) is 0 Å². The van der Waals surface area contributed by atoms with Crippen molar-refractivity contribution in [1.82, 2.24) is 0 Å². The molecule has 0 saturated carbocycles. The highest BCUT2D eigenvalue weighted by Crippen LogP contribution is 2.36. The van der Waals surface area contributed by atoms with Gasteiger partial charge in [0.2, 0.25) is 0 Å². The third kappa shape index (κ3) is 19.6. The standard InChI is InChI=1S/C31H57NO9Si/c1-7-8-13-32-29-11-9-28(10-12-29)30(33)40-26-24-38-22-20-36-18-16-34-14-15-35-17-19-37-21-23-39-25-27-41-42(5,6)31(2,3)4/h9-12,32H,7-8,13-27H2,1-6H3. The molecule has 0 heterocycles. The van der Waals surface area contributed by atoms with Crippen LogP contribution in [0.1, 0.15) is 50.9 Å². The fraction of sp³-hybridized carbons (Fsp3) is 0.774. The summed E-state index contributed by atoms with van der Waals surface area (Å²) in [5, 5.41) is 3.53. The van der Waals surface area contributed by atoms with Crippen molar-refractivity contribution < 1.29 is 42.4 Å². The zero-order valence-electron chi connectivity index (χ0n) is 27.0. The van der Waals surface area contributed by atoms with E-state index in [0.29, 0.717) is 91.5 Å². The minimum absolute atomic E-state index is 0.199. The van der Waals surface area contributed by atoms with Gasteiger partial charge in [-0.05, 0) is 48.8 Å². The van der Waals surface area contributed by atoms with E-state index in [9.17, 15) is 4.79 Å². The van der Waals surface area contributed by atoms with Gasteiger partial charge in [-0.1, -0.05) is 34.1 Å². The van der Waals surface area contributed by atoms with Gasteiger partial charge in [0, 0.05) is 12.2 Å². The number of carbonyl (C=O) groups is 1. The minimum atomic E-state index is -1.70. The molecule has 0 aliphatic carbocycles. The number of unbranched alkanes of at least 4 members (excludes halogenated alkanes) is 1. The number of esters is 1. The van der Waals surface area contributed by atoms with Gasteiger partial charge in [0.05, 0.1) is 91.5 Å². The minimum Gasteiger partial charge on any atom is -0.460 e. The normalized spacial score (nSPS) is 12.0. The summed E-state index contributed by atoms with van der Waals surface area (Å²) in [6, 6.07) is 7.31. The highest BCUT2D eigenvalue weighted by Gasteiger charge is 2.36. The van der Waals surface area contributed by atoms with Crippen molar-refractivity contribution in [2.24, 2.45) is 0 Å². The molecule has 0 aliphatic rings. The van der Waals surface area contributed by atoms with Crippen LogP contribution < -0.4 is 5.32 Å². The Hall–Kier alpha value is -1.57. The van der Waals surface area contributed by atoms with Crippen LogP contribution in [0.2, 0.25) is 18.1 Å². The molecular weight excluding hydrogens is 558 g/mol. The lowest BCUT2D eigenvalue weighted by Crippen LogP contribution is -2.41. The van der Waals surface area contributed by atoms with Gasteiger partial charge >= 0.3 is 5.97 Å². The molecule has 0 atom stereocenters. The second-order valence-electron chi connectivity index (χ2n) is 11.3. The summed E-state index contributed by atoms with van der Waals surface area (Å²) in [6.07, 6.45) is 2.25. The fourth-order valence-corrected chi connectivity index (χ4v) is 4.21. The zero-order valence-corrected chi connectivity index (χ0v) is 28.0. The third-order valence-corrected chi connectivity index (χ3v) is 11.3. The number of rotatable bonds is 27. The van der Waals surface area contributed by atoms with E-state index < -0.39 is 8.32 Å². The summed E-state index contributed by atoms with van der Waals surface area (Å²) >= 11 is 0. The molecule has 0 saturated heterocycles. The highest BCUT2D eigenvalue weighted by atomic mass is 28.4. The predicted octanol–water partition coefficient (Wildman–Crippen LogP) is 5.18. The van der Waals surface area contributed by atoms with Crippen molar-refractivity contribution in [1.29, 1.82) is 0 Å². The van der Waals surface area contributed by atoms with Crippen molar-refractivity contribution in [2.45, 2.75) is 58.7 Å². The van der Waals surface area contributed by atoms with Crippen molar-refractivity contribution in [3.05, 3.63) is 29.8 Å². The summed E-state index contributed by atoms with van der Waals surface area (Å²) < 4.78 is 44.3. The third-order valence-electron chi connectivity index (χ3n) is 6.80. The topological polar surface area (TPSA) is 103 Å². The molecular formula is C31H57NO9Si. The molecule has 0 radical (unpaired) electrons. The molecule has 11 heteroatoms. The second kappa shape index (κ2) is 23.8. The van der Waals surface area contributed by atoms with Crippen LogP contribution in [-0.4, -0.2) is 113 Å². The van der Waals surface area contributed by atoms with Gasteiger partial charge in [0.25, 0.3) is 0 Å². The SMILES string of the molecule is CCCCNc1ccc(C(=O)OCCOCCOCCOCCOCCOCCOCCO[Si](C)(C)C(C)(C)C)cc1. The Balaban J connectivity index is 1.80. The van der Waals surface area contributed by atoms with Crippen molar-refractivity contribution in [3.8, 4) is 0 Å². The summed E-state index contributed by atoms with van der Waals surface area (Å²) in [4.78, 5) is 12.1. The Morgan fingerprint density at radius 2 is 1.07 bits per heavy atom. The molecule has 1 N–H and O–H groups in total. The Morgan fingerprint density at radius 1 is 0.667 bits per heavy atom. The van der Waals surface area contributed by atoms with E-state index in [4.69, 9.17) is 37.6 Å². The largest absolute Gasteiger partial charge is 0.460 e. The molecule has 0 spiro atoms. The van der Waals surface area contributed by atoms with Gasteiger partial charge in [-0.2, -0.15) is 0 Å². The van der Waals surface area contributed by atoms with E-state index in [1.54, 1.807) is 12.1 Å². The summed E-state index contributed by atoms with van der Waals surface area (Å²) in [6.45, 7) is 21.0. The van der Waals surface area contributed by atoms with Crippen molar-refractivity contribution in [2.75, 3.05) is 104 Å². The molecule has 0 bridgehead atoms. The molecule has 1 aromatic rings. The number of ether oxygens (including phenoxy) is 7. The first-order valence-corrected chi connectivity index (χ1v) is 18.2. The molecule has 0 amide bonds. The van der Waals surface area contributed by atoms with Crippen molar-refractivity contribution >= 4 is 20.0 Å². The lowest BCUT2D eigenvalue weighted by atomic mass is 10.2. The zero-order chi connectivity index (χ0) is 30.9. The summed E-state index contributed by atoms with van der Waals surface area (Å²) in [5.74, 6) is -0.354. The van der Waals surface area contributed by atoms with Crippen LogP contribution in [0.15, 0.2) is 24.3 Å². The number of benzene rings is 1. The first-order valence-electron chi connectivity index (χ1n) is 15.3. The molecule has 0 aliphatic heterocycles. The monoisotopic (exact) mass is 615 g/mol. The van der Waals surface area contributed by atoms with Crippen LogP contribution in [0.5, 0.6) is 0 Å². The second-order valence-corrected chi connectivity index (χ2v) is 16.1. The van der Waals surface area contributed by atoms with Gasteiger partial charge in [0.1, 0.15) is 6.61 Å². The maximum absolute atomic E-state index is 12.1. The Bertz CT molecular complexity index is 788. The molecule has 1 aromatic carbocycles. The highest BCUT2D eigenvalue weighted by molar-refractivity contribution is 6.74. The number of hydrogen-bond donors (Lipinski definition) is 1. The number of nitrogens with one attached hydrogen (secondary N) is 1. The van der Waals surface area contributed by atoms with Gasteiger partial charge in [-0.3, -0.25) is 0 Å². The van der Waals surface area contributed by atoms with E-state index in [-0.39, 0.29) is 17.6 Å². The van der Waals surface area contributed by atoms with E-state index in [0.717, 1.165) is 25.1 Å². The molecule has 42 heavy (non-hydrogen) atoms. The number of hydrogen-bond acceptors (Lipinski definition) is 10. The summed E-state index contributed by atoms with van der Waals surface area (Å²) in [7, 11) is -1.70. The molecule has 0 aromatic heterocycles. The Morgan fingerprint density at radius 3 is 1.48 bits per heavy atom. The van der Waals surface area contributed by atoms with Crippen LogP contribution >= 0.6 is 0 Å². The summed E-state index contributed by atoms with van der Waals surface area (Å²) in [5.41, 5.74) is 1.53. The number of anilines is 1. The lowest BCUT2D eigenvalue weighted by molar-refractivity contribution is -0.0203. The van der Waals surface area contributed by atoms with Gasteiger partial charge in [-0.15, -0.1) is 0 Å². The van der Waals surface area contributed by atoms with Gasteiger partial charge < -0.3 is 42.9 Å². The Kier molecular flexibility index (Phi) is 21.8. The maximum Gasteiger partial charge on any atom is 0.338 e. The average molecular weight is 616 g/mol. The smallest absolute Gasteiger partial charge is 0.338 e. The molecule has 10 nitrogen and oxygen atoms in total. The molecule has 0 fully saturated rings. The lowest BCUT2D eigenvalue weighted by Gasteiger charge is -2.36. The Labute approximate surface area is 255 Å².